The normalized spacial score (nSPS) is 19.1. The summed E-state index contributed by atoms with van der Waals surface area (Å²) in [5.41, 5.74) is 5.27. The average Bonchev–Trinajstić information content (AvgIpc) is 2.89. The third-order valence-corrected chi connectivity index (χ3v) is 4.68. The molecule has 2 rings (SSSR count). The Labute approximate surface area is 122 Å². The van der Waals surface area contributed by atoms with Crippen molar-refractivity contribution in [3.05, 3.63) is 29.6 Å². The van der Waals surface area contributed by atoms with Gasteiger partial charge in [0.2, 0.25) is 10.0 Å². The smallest absolute Gasteiger partial charge is 0.240 e. The molecule has 1 aliphatic heterocycles. The number of rotatable bonds is 5. The van der Waals surface area contributed by atoms with Crippen molar-refractivity contribution in [2.24, 2.45) is 5.73 Å². The van der Waals surface area contributed by atoms with Gasteiger partial charge in [-0.2, -0.15) is 0 Å². The van der Waals surface area contributed by atoms with Gasteiger partial charge in [-0.05, 0) is 31.0 Å². The first kappa shape index (κ1) is 15.3. The molecule has 0 bridgehead atoms. The van der Waals surface area contributed by atoms with E-state index in [1.807, 2.05) is 0 Å². The number of nitrogens with two attached hydrogens (primary N) is 1. The van der Waals surface area contributed by atoms with Gasteiger partial charge in [-0.15, -0.1) is 0 Å². The highest BCUT2D eigenvalue weighted by Gasteiger charge is 2.21. The maximum absolute atomic E-state index is 13.4. The van der Waals surface area contributed by atoms with E-state index in [1.165, 1.54) is 6.07 Å². The van der Waals surface area contributed by atoms with Crippen molar-refractivity contribution in [1.82, 2.24) is 4.72 Å². The summed E-state index contributed by atoms with van der Waals surface area (Å²) < 4.78 is 45.4. The van der Waals surface area contributed by atoms with Crippen LogP contribution in [0.2, 0.25) is 0 Å². The van der Waals surface area contributed by atoms with E-state index in [0.29, 0.717) is 6.61 Å². The van der Waals surface area contributed by atoms with Crippen LogP contribution in [0.3, 0.4) is 0 Å². The van der Waals surface area contributed by atoms with Gasteiger partial charge in [0.15, 0.2) is 0 Å². The van der Waals surface area contributed by atoms with E-state index in [0.717, 1.165) is 25.0 Å². The lowest BCUT2D eigenvalue weighted by Gasteiger charge is -2.12. The quantitative estimate of drug-likeness (QED) is 0.789. The largest absolute Gasteiger partial charge is 0.389 e. The highest BCUT2D eigenvalue weighted by Crippen LogP contribution is 2.16. The van der Waals surface area contributed by atoms with Gasteiger partial charge in [-0.3, -0.25) is 0 Å². The van der Waals surface area contributed by atoms with Gasteiger partial charge in [-0.25, -0.2) is 17.5 Å². The maximum atomic E-state index is 13.4. The number of thiocarbonyl (C=S) groups is 1. The summed E-state index contributed by atoms with van der Waals surface area (Å²) in [6.45, 7) is 0.844. The van der Waals surface area contributed by atoms with Crippen LogP contribution in [-0.4, -0.2) is 32.7 Å². The zero-order valence-electron chi connectivity index (χ0n) is 10.6. The monoisotopic (exact) mass is 318 g/mol. The molecule has 0 amide bonds. The minimum absolute atomic E-state index is 0.0697. The summed E-state index contributed by atoms with van der Waals surface area (Å²) in [7, 11) is -3.73. The lowest BCUT2D eigenvalue weighted by Crippen LogP contribution is -2.32. The van der Waals surface area contributed by atoms with Crippen molar-refractivity contribution in [1.29, 1.82) is 0 Å². The molecule has 0 aromatic heterocycles. The molecule has 0 aliphatic carbocycles. The Morgan fingerprint density at radius 3 is 2.90 bits per heavy atom. The highest BCUT2D eigenvalue weighted by atomic mass is 32.2. The second kappa shape index (κ2) is 6.13. The van der Waals surface area contributed by atoms with Crippen LogP contribution in [-0.2, 0) is 14.8 Å². The third kappa shape index (κ3) is 3.51. The number of hydrogen-bond acceptors (Lipinski definition) is 4. The minimum Gasteiger partial charge on any atom is -0.389 e. The van der Waals surface area contributed by atoms with Gasteiger partial charge in [-0.1, -0.05) is 12.2 Å². The predicted octanol–water partition coefficient (Wildman–Crippen LogP) is 0.917. The molecule has 3 N–H and O–H groups in total. The lowest BCUT2D eigenvalue weighted by atomic mass is 10.2. The molecule has 110 valence electrons. The van der Waals surface area contributed by atoms with Crippen LogP contribution in [0.1, 0.15) is 18.4 Å². The molecule has 1 aliphatic rings. The SMILES string of the molecule is NC(=S)c1cc(S(=O)(=O)NCC2CCCO2)ccc1F. The van der Waals surface area contributed by atoms with Gasteiger partial charge >= 0.3 is 0 Å². The number of benzene rings is 1. The molecule has 0 saturated carbocycles. The van der Waals surface area contributed by atoms with Crippen molar-refractivity contribution in [2.45, 2.75) is 23.8 Å². The molecule has 1 saturated heterocycles. The van der Waals surface area contributed by atoms with E-state index in [9.17, 15) is 12.8 Å². The summed E-state index contributed by atoms with van der Waals surface area (Å²) >= 11 is 4.69. The van der Waals surface area contributed by atoms with Crippen molar-refractivity contribution < 1.29 is 17.5 Å². The van der Waals surface area contributed by atoms with Crippen LogP contribution in [0.15, 0.2) is 23.1 Å². The van der Waals surface area contributed by atoms with Gasteiger partial charge in [0.1, 0.15) is 10.8 Å². The molecule has 1 unspecified atom stereocenters. The predicted molar refractivity (Wildman–Crippen MR) is 76.4 cm³/mol. The van der Waals surface area contributed by atoms with Crippen molar-refractivity contribution in [2.75, 3.05) is 13.2 Å². The Bertz CT molecular complexity index is 613. The second-order valence-corrected chi connectivity index (χ2v) is 6.70. The Morgan fingerprint density at radius 1 is 1.55 bits per heavy atom. The number of ether oxygens (including phenoxy) is 1. The first-order valence-corrected chi connectivity index (χ1v) is 8.00. The van der Waals surface area contributed by atoms with E-state index < -0.39 is 15.8 Å². The first-order chi connectivity index (χ1) is 9.40. The van der Waals surface area contributed by atoms with Gasteiger partial charge in [0, 0.05) is 18.7 Å². The zero-order chi connectivity index (χ0) is 14.8. The zero-order valence-corrected chi connectivity index (χ0v) is 12.3. The molecule has 5 nitrogen and oxygen atoms in total. The maximum Gasteiger partial charge on any atom is 0.240 e. The summed E-state index contributed by atoms with van der Waals surface area (Å²) in [6.07, 6.45) is 1.64. The Balaban J connectivity index is 2.16. The van der Waals surface area contributed by atoms with Gasteiger partial charge in [0.05, 0.1) is 11.0 Å². The average molecular weight is 318 g/mol. The van der Waals surface area contributed by atoms with E-state index >= 15 is 0 Å². The summed E-state index contributed by atoms with van der Waals surface area (Å²) in [5.74, 6) is -0.643. The number of halogens is 1. The van der Waals surface area contributed by atoms with Crippen LogP contribution >= 0.6 is 12.2 Å². The van der Waals surface area contributed by atoms with Crippen LogP contribution in [0.4, 0.5) is 4.39 Å². The Kier molecular flexibility index (Phi) is 4.69. The highest BCUT2D eigenvalue weighted by molar-refractivity contribution is 7.89. The molecule has 1 fully saturated rings. The number of hydrogen-bond donors (Lipinski definition) is 2. The number of nitrogens with one attached hydrogen (secondary N) is 1. The second-order valence-electron chi connectivity index (χ2n) is 4.49. The van der Waals surface area contributed by atoms with Crippen LogP contribution in [0, 0.1) is 5.82 Å². The fourth-order valence-electron chi connectivity index (χ4n) is 1.95. The van der Waals surface area contributed by atoms with Crippen molar-refractivity contribution >= 4 is 27.2 Å². The van der Waals surface area contributed by atoms with Crippen molar-refractivity contribution in [3.63, 3.8) is 0 Å². The summed E-state index contributed by atoms with van der Waals surface area (Å²) in [4.78, 5) is -0.252. The Morgan fingerprint density at radius 2 is 2.30 bits per heavy atom. The standard InChI is InChI=1S/C12H15FN2O3S2/c13-11-4-3-9(6-10(11)12(14)19)20(16,17)15-7-8-2-1-5-18-8/h3-4,6,8,15H,1-2,5,7H2,(H2,14,19). The van der Waals surface area contributed by atoms with Gasteiger partial charge < -0.3 is 10.5 Å². The van der Waals surface area contributed by atoms with E-state index in [-0.39, 0.29) is 28.1 Å². The topological polar surface area (TPSA) is 81.4 Å². The van der Waals surface area contributed by atoms with Crippen LogP contribution in [0.5, 0.6) is 0 Å². The molecule has 8 heteroatoms. The molecule has 1 aromatic rings. The van der Waals surface area contributed by atoms with Crippen molar-refractivity contribution in [3.8, 4) is 0 Å². The summed E-state index contributed by atoms with van der Waals surface area (Å²) in [6, 6.07) is 3.35. The van der Waals surface area contributed by atoms with Crippen LogP contribution in [0.25, 0.3) is 0 Å². The molecule has 0 spiro atoms. The molecule has 0 radical (unpaired) electrons. The molecule has 1 heterocycles. The van der Waals surface area contributed by atoms with Gasteiger partial charge in [0.25, 0.3) is 0 Å². The Hall–Kier alpha value is -1.09. The fraction of sp³-hybridized carbons (Fsp3) is 0.417. The third-order valence-electron chi connectivity index (χ3n) is 3.04. The van der Waals surface area contributed by atoms with E-state index in [4.69, 9.17) is 10.5 Å². The summed E-state index contributed by atoms with van der Waals surface area (Å²) in [5, 5.41) is 0. The molecular formula is C12H15FN2O3S2. The molecule has 20 heavy (non-hydrogen) atoms. The fourth-order valence-corrected chi connectivity index (χ4v) is 3.20. The van der Waals surface area contributed by atoms with Crippen LogP contribution < -0.4 is 10.5 Å². The molecular weight excluding hydrogens is 303 g/mol. The molecule has 1 atom stereocenters. The molecule has 1 aromatic carbocycles. The number of sulfonamides is 1. The minimum atomic E-state index is -3.73. The lowest BCUT2D eigenvalue weighted by molar-refractivity contribution is 0.114. The first-order valence-electron chi connectivity index (χ1n) is 6.11. The van der Waals surface area contributed by atoms with E-state index in [1.54, 1.807) is 0 Å². The van der Waals surface area contributed by atoms with E-state index in [2.05, 4.69) is 16.9 Å².